The highest BCUT2D eigenvalue weighted by atomic mass is 14.0. The highest BCUT2D eigenvalue weighted by Crippen LogP contribution is 2.11. The normalized spacial score (nSPS) is 13.5. The van der Waals surface area contributed by atoms with Gasteiger partial charge in [-0.3, -0.25) is 0 Å². The van der Waals surface area contributed by atoms with Crippen LogP contribution < -0.4 is 0 Å². The van der Waals surface area contributed by atoms with Gasteiger partial charge in [-0.05, 0) is 33.1 Å². The van der Waals surface area contributed by atoms with E-state index < -0.39 is 0 Å². The van der Waals surface area contributed by atoms with Gasteiger partial charge in [0.15, 0.2) is 0 Å². The highest BCUT2D eigenvalue weighted by Gasteiger charge is 1.91. The molecule has 0 bridgehead atoms. The molecule has 0 heteroatoms. The van der Waals surface area contributed by atoms with E-state index in [1.165, 1.54) is 36.8 Å². The number of hydrogen-bond donors (Lipinski definition) is 0. The van der Waals surface area contributed by atoms with Crippen molar-refractivity contribution < 1.29 is 0 Å². The van der Waals surface area contributed by atoms with Crippen molar-refractivity contribution in [2.24, 2.45) is 0 Å². The summed E-state index contributed by atoms with van der Waals surface area (Å²) < 4.78 is 0. The Kier molecular flexibility index (Phi) is 7.77. The van der Waals surface area contributed by atoms with Crippen molar-refractivity contribution >= 4 is 0 Å². The monoisotopic (exact) mass is 180 g/mol. The molecular weight excluding hydrogens is 156 g/mol. The summed E-state index contributed by atoms with van der Waals surface area (Å²) in [4.78, 5) is 0. The summed E-state index contributed by atoms with van der Waals surface area (Å²) in [7, 11) is 0. The molecule has 0 saturated heterocycles. The maximum absolute atomic E-state index is 2.37. The van der Waals surface area contributed by atoms with Gasteiger partial charge in [0.2, 0.25) is 0 Å². The van der Waals surface area contributed by atoms with Crippen LogP contribution in [-0.2, 0) is 0 Å². The molecule has 0 amide bonds. The van der Waals surface area contributed by atoms with Crippen molar-refractivity contribution in [2.75, 3.05) is 0 Å². The lowest BCUT2D eigenvalue weighted by atomic mass is 10.1. The number of unbranched alkanes of at least 4 members (excludes halogenated alkanes) is 3. The average Bonchev–Trinajstić information content (AvgIpc) is 2.12. The molecule has 0 nitrogen and oxygen atoms in total. The predicted octanol–water partition coefficient (Wildman–Crippen LogP) is 4.87. The van der Waals surface area contributed by atoms with E-state index in [0.717, 1.165) is 6.42 Å². The molecule has 0 radical (unpaired) electrons. The topological polar surface area (TPSA) is 0 Å². The Morgan fingerprint density at radius 3 is 2.08 bits per heavy atom. The predicted molar refractivity (Wildman–Crippen MR) is 61.9 cm³/mol. The summed E-state index contributed by atoms with van der Waals surface area (Å²) in [5.41, 5.74) is 2.90. The van der Waals surface area contributed by atoms with Crippen molar-refractivity contribution in [1.29, 1.82) is 0 Å². The summed E-state index contributed by atoms with van der Waals surface area (Å²) in [5, 5.41) is 0. The van der Waals surface area contributed by atoms with E-state index >= 15 is 0 Å². The van der Waals surface area contributed by atoms with Crippen molar-refractivity contribution in [3.8, 4) is 0 Å². The smallest absolute Gasteiger partial charge is 0.0345 e. The van der Waals surface area contributed by atoms with Crippen LogP contribution in [0.15, 0.2) is 23.3 Å². The van der Waals surface area contributed by atoms with Crippen molar-refractivity contribution in [3.63, 3.8) is 0 Å². The zero-order chi connectivity index (χ0) is 10.1. The van der Waals surface area contributed by atoms with Gasteiger partial charge in [-0.1, -0.05) is 50.0 Å². The van der Waals surface area contributed by atoms with E-state index in [0.29, 0.717) is 0 Å². The highest BCUT2D eigenvalue weighted by molar-refractivity contribution is 5.26. The molecule has 0 aliphatic heterocycles. The third kappa shape index (κ3) is 6.62. The van der Waals surface area contributed by atoms with Crippen LogP contribution in [0.5, 0.6) is 0 Å². The maximum atomic E-state index is 2.37. The lowest BCUT2D eigenvalue weighted by Crippen LogP contribution is -1.80. The zero-order valence-electron chi connectivity index (χ0n) is 9.69. The molecule has 0 aliphatic rings. The van der Waals surface area contributed by atoms with Gasteiger partial charge in [0.25, 0.3) is 0 Å². The van der Waals surface area contributed by atoms with Gasteiger partial charge >= 0.3 is 0 Å². The molecule has 13 heavy (non-hydrogen) atoms. The Balaban J connectivity index is 3.80. The van der Waals surface area contributed by atoms with Gasteiger partial charge in [-0.2, -0.15) is 0 Å². The molecule has 0 aromatic rings. The average molecular weight is 180 g/mol. The Bertz CT molecular complexity index is 172. The van der Waals surface area contributed by atoms with Gasteiger partial charge in [0.1, 0.15) is 0 Å². The molecule has 0 aromatic carbocycles. The van der Waals surface area contributed by atoms with Crippen LogP contribution in [0, 0.1) is 0 Å². The van der Waals surface area contributed by atoms with E-state index in [2.05, 4.69) is 39.8 Å². The first-order chi connectivity index (χ1) is 6.22. The van der Waals surface area contributed by atoms with E-state index in [-0.39, 0.29) is 0 Å². The molecule has 0 heterocycles. The molecule has 0 N–H and O–H groups in total. The van der Waals surface area contributed by atoms with Crippen LogP contribution in [0.2, 0.25) is 0 Å². The quantitative estimate of drug-likeness (QED) is 0.404. The van der Waals surface area contributed by atoms with Crippen LogP contribution in [0.25, 0.3) is 0 Å². The molecule has 76 valence electrons. The SMILES string of the molecule is CCC=C(C)C(C)=CCCCCC. The van der Waals surface area contributed by atoms with E-state index in [1.54, 1.807) is 0 Å². The van der Waals surface area contributed by atoms with Crippen molar-refractivity contribution in [2.45, 2.75) is 59.8 Å². The van der Waals surface area contributed by atoms with Crippen molar-refractivity contribution in [1.82, 2.24) is 0 Å². The van der Waals surface area contributed by atoms with Gasteiger partial charge < -0.3 is 0 Å². The first-order valence-electron chi connectivity index (χ1n) is 5.56. The van der Waals surface area contributed by atoms with Gasteiger partial charge in [0, 0.05) is 0 Å². The first kappa shape index (κ1) is 12.5. The fourth-order valence-electron chi connectivity index (χ4n) is 1.34. The summed E-state index contributed by atoms with van der Waals surface area (Å²) in [6, 6.07) is 0. The first-order valence-corrected chi connectivity index (χ1v) is 5.56. The zero-order valence-corrected chi connectivity index (χ0v) is 9.69. The third-order valence-corrected chi connectivity index (χ3v) is 2.39. The van der Waals surface area contributed by atoms with Crippen LogP contribution >= 0.6 is 0 Å². The summed E-state index contributed by atoms with van der Waals surface area (Å²) in [6.07, 6.45) is 11.1. The molecule has 0 aromatic heterocycles. The summed E-state index contributed by atoms with van der Waals surface area (Å²) in [5.74, 6) is 0. The second-order valence-electron chi connectivity index (χ2n) is 3.68. The number of rotatable bonds is 6. The standard InChI is InChI=1S/C13H24/c1-5-7-8-9-11-13(4)12(3)10-6-2/h10-11H,5-9H2,1-4H3. The Hall–Kier alpha value is -0.520. The molecular formula is C13H24. The number of hydrogen-bond acceptors (Lipinski definition) is 0. The second kappa shape index (κ2) is 8.10. The molecule has 0 fully saturated rings. The molecule has 0 atom stereocenters. The molecule has 0 aliphatic carbocycles. The Morgan fingerprint density at radius 1 is 0.923 bits per heavy atom. The van der Waals surface area contributed by atoms with Crippen molar-refractivity contribution in [3.05, 3.63) is 23.3 Å². The van der Waals surface area contributed by atoms with Gasteiger partial charge in [-0.15, -0.1) is 0 Å². The summed E-state index contributed by atoms with van der Waals surface area (Å²) >= 11 is 0. The van der Waals surface area contributed by atoms with Gasteiger partial charge in [-0.25, -0.2) is 0 Å². The Labute approximate surface area is 83.7 Å². The minimum atomic E-state index is 1.14. The third-order valence-electron chi connectivity index (χ3n) is 2.39. The molecule has 0 rings (SSSR count). The van der Waals surface area contributed by atoms with Gasteiger partial charge in [0.05, 0.1) is 0 Å². The fourth-order valence-corrected chi connectivity index (χ4v) is 1.34. The van der Waals surface area contributed by atoms with E-state index in [4.69, 9.17) is 0 Å². The minimum absolute atomic E-state index is 1.14. The van der Waals surface area contributed by atoms with E-state index in [1.807, 2.05) is 0 Å². The van der Waals surface area contributed by atoms with Crippen LogP contribution in [0.3, 0.4) is 0 Å². The fraction of sp³-hybridized carbons (Fsp3) is 0.692. The van der Waals surface area contributed by atoms with E-state index in [9.17, 15) is 0 Å². The van der Waals surface area contributed by atoms with Crippen LogP contribution in [0.1, 0.15) is 59.8 Å². The Morgan fingerprint density at radius 2 is 1.54 bits per heavy atom. The van der Waals surface area contributed by atoms with Crippen LogP contribution in [0.4, 0.5) is 0 Å². The van der Waals surface area contributed by atoms with Crippen LogP contribution in [-0.4, -0.2) is 0 Å². The second-order valence-corrected chi connectivity index (χ2v) is 3.68. The minimum Gasteiger partial charge on any atom is -0.0816 e. The molecule has 0 saturated carbocycles. The molecule has 0 unspecified atom stereocenters. The largest absolute Gasteiger partial charge is 0.0816 e. The lowest BCUT2D eigenvalue weighted by Gasteiger charge is -2.01. The molecule has 0 spiro atoms. The number of allylic oxidation sites excluding steroid dienone is 4. The lowest BCUT2D eigenvalue weighted by molar-refractivity contribution is 0.727. The summed E-state index contributed by atoms with van der Waals surface area (Å²) in [6.45, 7) is 8.86. The maximum Gasteiger partial charge on any atom is -0.0345 e.